The van der Waals surface area contributed by atoms with Crippen molar-refractivity contribution in [2.45, 2.75) is 6.67 Å². The van der Waals surface area contributed by atoms with Crippen LogP contribution in [-0.4, -0.2) is 22.1 Å². The van der Waals surface area contributed by atoms with Crippen molar-refractivity contribution in [2.24, 2.45) is 0 Å². The lowest BCUT2D eigenvalue weighted by molar-refractivity contribution is 0.602. The molecule has 66 valence electrons. The number of nitrogens with one attached hydrogen (secondary N) is 1. The van der Waals surface area contributed by atoms with E-state index in [4.69, 9.17) is 0 Å². The second-order valence-corrected chi connectivity index (χ2v) is 3.28. The molecule has 1 aromatic carbocycles. The van der Waals surface area contributed by atoms with Crippen LogP contribution < -0.4 is 4.72 Å². The standard InChI is InChI=1S/C7H9BN4S/c8-13-9-5-12-7-4-2-1-3-6(7)10-11-12/h1-4,9H,5,8H2. The Balaban J connectivity index is 2.35. The highest BCUT2D eigenvalue weighted by Gasteiger charge is 2.00. The fourth-order valence-corrected chi connectivity index (χ4v) is 1.41. The topological polar surface area (TPSA) is 42.7 Å². The van der Waals surface area contributed by atoms with Crippen molar-refractivity contribution >= 4 is 30.0 Å². The minimum atomic E-state index is 0.682. The van der Waals surface area contributed by atoms with Gasteiger partial charge >= 0.3 is 0 Å². The maximum absolute atomic E-state index is 4.04. The second kappa shape index (κ2) is 3.80. The average Bonchev–Trinajstić information content (AvgIpc) is 2.58. The lowest BCUT2D eigenvalue weighted by Gasteiger charge is -2.00. The summed E-state index contributed by atoms with van der Waals surface area (Å²) in [5, 5.41) is 8.06. The van der Waals surface area contributed by atoms with Crippen LogP contribution in [0, 0.1) is 0 Å². The Bertz CT molecular complexity index is 402. The highest BCUT2D eigenvalue weighted by atomic mass is 32.2. The highest BCUT2D eigenvalue weighted by molar-refractivity contribution is 8.18. The Morgan fingerprint density at radius 1 is 1.46 bits per heavy atom. The Labute approximate surface area is 81.1 Å². The average molecular weight is 192 g/mol. The summed E-state index contributed by atoms with van der Waals surface area (Å²) in [6, 6.07) is 7.92. The molecule has 2 aromatic rings. The zero-order valence-corrected chi connectivity index (χ0v) is 8.08. The molecule has 1 heterocycles. The predicted molar refractivity (Wildman–Crippen MR) is 56.8 cm³/mol. The first-order valence-corrected chi connectivity index (χ1v) is 5.18. The van der Waals surface area contributed by atoms with E-state index >= 15 is 0 Å². The summed E-state index contributed by atoms with van der Waals surface area (Å²) in [7, 11) is 1.99. The van der Waals surface area contributed by atoms with E-state index in [9.17, 15) is 0 Å². The van der Waals surface area contributed by atoms with Crippen molar-refractivity contribution in [3.05, 3.63) is 24.3 Å². The second-order valence-electron chi connectivity index (χ2n) is 2.58. The van der Waals surface area contributed by atoms with Crippen LogP contribution in [0.3, 0.4) is 0 Å². The quantitative estimate of drug-likeness (QED) is 0.556. The molecule has 0 atom stereocenters. The van der Waals surface area contributed by atoms with Crippen molar-refractivity contribution in [2.75, 3.05) is 0 Å². The number of para-hydroxylation sites is 1. The summed E-state index contributed by atoms with van der Waals surface area (Å²) in [6.45, 7) is 0.682. The third-order valence-corrected chi connectivity index (χ3v) is 2.20. The van der Waals surface area contributed by atoms with Crippen molar-refractivity contribution in [1.82, 2.24) is 19.7 Å². The summed E-state index contributed by atoms with van der Waals surface area (Å²) in [5.41, 5.74) is 1.99. The zero-order valence-electron chi connectivity index (χ0n) is 7.27. The van der Waals surface area contributed by atoms with E-state index < -0.39 is 0 Å². The smallest absolute Gasteiger partial charge is 0.193 e. The molecule has 0 bridgehead atoms. The Kier molecular flexibility index (Phi) is 2.51. The Hall–Kier alpha value is -1.01. The maximum Gasteiger partial charge on any atom is 0.193 e. The fourth-order valence-electron chi connectivity index (χ4n) is 1.16. The van der Waals surface area contributed by atoms with Crippen molar-refractivity contribution in [3.8, 4) is 0 Å². The van der Waals surface area contributed by atoms with Gasteiger partial charge in [-0.05, 0) is 12.1 Å². The molecule has 0 saturated carbocycles. The maximum atomic E-state index is 4.04. The van der Waals surface area contributed by atoms with Gasteiger partial charge in [-0.2, -0.15) is 0 Å². The summed E-state index contributed by atoms with van der Waals surface area (Å²) in [5.74, 6) is 0. The van der Waals surface area contributed by atoms with Gasteiger partial charge in [0.25, 0.3) is 0 Å². The number of hydrogen-bond donors (Lipinski definition) is 1. The van der Waals surface area contributed by atoms with Crippen LogP contribution in [0.5, 0.6) is 0 Å². The highest BCUT2D eigenvalue weighted by Crippen LogP contribution is 2.08. The molecule has 0 amide bonds. The van der Waals surface area contributed by atoms with Crippen LogP contribution in [0.15, 0.2) is 24.3 Å². The van der Waals surface area contributed by atoms with E-state index in [0.29, 0.717) is 6.67 Å². The molecule has 13 heavy (non-hydrogen) atoms. The van der Waals surface area contributed by atoms with Crippen molar-refractivity contribution < 1.29 is 0 Å². The molecule has 6 heteroatoms. The lowest BCUT2D eigenvalue weighted by atomic mass is 10.3. The van der Waals surface area contributed by atoms with E-state index in [1.165, 1.54) is 0 Å². The molecule has 2 rings (SSSR count). The molecular weight excluding hydrogens is 183 g/mol. The van der Waals surface area contributed by atoms with Gasteiger partial charge in [-0.25, -0.2) is 4.68 Å². The summed E-state index contributed by atoms with van der Waals surface area (Å²) < 4.78 is 4.96. The van der Waals surface area contributed by atoms with Gasteiger partial charge in [0, 0.05) is 0 Å². The minimum Gasteiger partial charge on any atom is -0.254 e. The summed E-state index contributed by atoms with van der Waals surface area (Å²) in [6.07, 6.45) is 0. The first-order valence-electron chi connectivity index (χ1n) is 3.96. The molecule has 0 spiro atoms. The van der Waals surface area contributed by atoms with Crippen LogP contribution in [-0.2, 0) is 6.67 Å². The molecule has 0 aliphatic rings. The number of nitrogens with zero attached hydrogens (tertiary/aromatic N) is 3. The molecule has 0 fully saturated rings. The molecule has 0 aliphatic carbocycles. The van der Waals surface area contributed by atoms with Gasteiger partial charge in [0.1, 0.15) is 12.2 Å². The number of benzene rings is 1. The van der Waals surface area contributed by atoms with Crippen molar-refractivity contribution in [1.29, 1.82) is 0 Å². The van der Waals surface area contributed by atoms with Crippen LogP contribution in [0.25, 0.3) is 11.0 Å². The first-order chi connectivity index (χ1) is 6.42. The number of rotatable bonds is 3. The van der Waals surface area contributed by atoms with Crippen LogP contribution >= 0.6 is 11.8 Å². The molecule has 0 saturated heterocycles. The van der Waals surface area contributed by atoms with E-state index in [1.54, 1.807) is 11.8 Å². The van der Waals surface area contributed by atoms with Gasteiger partial charge < -0.3 is 0 Å². The minimum absolute atomic E-state index is 0.682. The molecule has 0 aliphatic heterocycles. The largest absolute Gasteiger partial charge is 0.254 e. The SMILES string of the molecule is BSNCn1nnc2ccccc21. The van der Waals surface area contributed by atoms with Crippen LogP contribution in [0.4, 0.5) is 0 Å². The fraction of sp³-hybridized carbons (Fsp3) is 0.143. The van der Waals surface area contributed by atoms with Gasteiger partial charge in [-0.1, -0.05) is 17.3 Å². The van der Waals surface area contributed by atoms with Gasteiger partial charge in [0.15, 0.2) is 7.12 Å². The Morgan fingerprint density at radius 3 is 3.15 bits per heavy atom. The van der Waals surface area contributed by atoms with Gasteiger partial charge in [-0.15, -0.1) is 16.9 Å². The van der Waals surface area contributed by atoms with E-state index in [1.807, 2.05) is 36.1 Å². The van der Waals surface area contributed by atoms with Gasteiger partial charge in [-0.3, -0.25) is 4.72 Å². The molecule has 1 aromatic heterocycles. The molecule has 4 nitrogen and oxygen atoms in total. The molecule has 1 N–H and O–H groups in total. The van der Waals surface area contributed by atoms with Crippen LogP contribution in [0.2, 0.25) is 0 Å². The Morgan fingerprint density at radius 2 is 2.31 bits per heavy atom. The van der Waals surface area contributed by atoms with E-state index in [0.717, 1.165) is 11.0 Å². The number of hydrogen-bond acceptors (Lipinski definition) is 4. The molecule has 0 radical (unpaired) electrons. The van der Waals surface area contributed by atoms with Crippen molar-refractivity contribution in [3.63, 3.8) is 0 Å². The summed E-state index contributed by atoms with van der Waals surface area (Å²) in [4.78, 5) is 0. The zero-order chi connectivity index (χ0) is 9.10. The van der Waals surface area contributed by atoms with Crippen LogP contribution in [0.1, 0.15) is 0 Å². The van der Waals surface area contributed by atoms with Gasteiger partial charge in [0.05, 0.1) is 5.52 Å². The summed E-state index contributed by atoms with van der Waals surface area (Å²) >= 11 is 1.57. The monoisotopic (exact) mass is 192 g/mol. The number of fused-ring (bicyclic) bond motifs is 1. The first kappa shape index (κ1) is 8.59. The number of aromatic nitrogens is 3. The van der Waals surface area contributed by atoms with Gasteiger partial charge in [0.2, 0.25) is 0 Å². The normalized spacial score (nSPS) is 10.8. The molecule has 0 unspecified atom stereocenters. The van der Waals surface area contributed by atoms with E-state index in [2.05, 4.69) is 15.0 Å². The predicted octanol–water partition coefficient (Wildman–Crippen LogP) is 0.175. The third kappa shape index (κ3) is 1.68. The molecular formula is C7H9BN4S. The third-order valence-electron chi connectivity index (χ3n) is 1.78. The van der Waals surface area contributed by atoms with E-state index in [-0.39, 0.29) is 0 Å². The lowest BCUT2D eigenvalue weighted by Crippen LogP contribution is -2.12.